The first-order valence-electron chi connectivity index (χ1n) is 6.74. The maximum absolute atomic E-state index is 11.9. The normalized spacial score (nSPS) is 10.6. The first-order valence-corrected chi connectivity index (χ1v) is 7.93. The number of carbonyl (C=O) groups is 1. The number of rotatable bonds is 4. The number of thiazole rings is 1. The number of hydrogen-bond donors (Lipinski definition) is 2. The molecule has 0 aliphatic rings. The molecule has 0 aliphatic heterocycles. The quantitative estimate of drug-likeness (QED) is 0.766. The Morgan fingerprint density at radius 2 is 2.14 bits per heavy atom. The molecule has 0 spiro atoms. The number of nitrogens with one attached hydrogen (secondary N) is 2. The number of carbonyl (C=O) groups excluding carboxylic acids is 1. The van der Waals surface area contributed by atoms with Gasteiger partial charge in [0.15, 0.2) is 0 Å². The van der Waals surface area contributed by atoms with Crippen molar-refractivity contribution >= 4 is 28.8 Å². The van der Waals surface area contributed by atoms with E-state index >= 15 is 0 Å². The minimum absolute atomic E-state index is 0.265. The molecular formula is C15H13ClN4OS. The summed E-state index contributed by atoms with van der Waals surface area (Å²) >= 11 is 7.75. The summed E-state index contributed by atoms with van der Waals surface area (Å²) in [6, 6.07) is 9.88. The van der Waals surface area contributed by atoms with Gasteiger partial charge < -0.3 is 5.32 Å². The van der Waals surface area contributed by atoms with Gasteiger partial charge in [0, 0.05) is 18.3 Å². The molecule has 0 unspecified atom stereocenters. The molecule has 7 heteroatoms. The molecule has 0 aliphatic carbocycles. The number of halogens is 1. The van der Waals surface area contributed by atoms with Crippen LogP contribution in [0.15, 0.2) is 36.5 Å². The van der Waals surface area contributed by atoms with Gasteiger partial charge in [-0.1, -0.05) is 41.9 Å². The molecule has 1 aromatic carbocycles. The highest BCUT2D eigenvalue weighted by Crippen LogP contribution is 2.35. The summed E-state index contributed by atoms with van der Waals surface area (Å²) in [7, 11) is 0. The van der Waals surface area contributed by atoms with Crippen molar-refractivity contribution in [1.29, 1.82) is 0 Å². The number of nitrogens with zero attached hydrogens (tertiary/aromatic N) is 2. The fraction of sp³-hybridized carbons (Fsp3) is 0.133. The van der Waals surface area contributed by atoms with Crippen LogP contribution in [0.4, 0.5) is 0 Å². The van der Waals surface area contributed by atoms with E-state index in [-0.39, 0.29) is 11.6 Å². The van der Waals surface area contributed by atoms with Crippen molar-refractivity contribution in [2.24, 2.45) is 0 Å². The summed E-state index contributed by atoms with van der Waals surface area (Å²) in [6.45, 7) is 2.38. The Balaban J connectivity index is 1.93. The van der Waals surface area contributed by atoms with E-state index in [0.717, 1.165) is 15.4 Å². The summed E-state index contributed by atoms with van der Waals surface area (Å²) < 4.78 is 0. The lowest BCUT2D eigenvalue weighted by molar-refractivity contribution is 0.0951. The second kappa shape index (κ2) is 6.29. The second-order valence-corrected chi connectivity index (χ2v) is 5.92. The van der Waals surface area contributed by atoms with Crippen molar-refractivity contribution in [2.45, 2.75) is 6.92 Å². The number of amides is 1. The third-order valence-corrected chi connectivity index (χ3v) is 4.45. The van der Waals surface area contributed by atoms with Gasteiger partial charge in [0.05, 0.1) is 4.88 Å². The van der Waals surface area contributed by atoms with E-state index < -0.39 is 0 Å². The summed E-state index contributed by atoms with van der Waals surface area (Å²) in [5.41, 5.74) is 1.85. The molecule has 0 saturated carbocycles. The van der Waals surface area contributed by atoms with Crippen LogP contribution in [0.3, 0.4) is 0 Å². The van der Waals surface area contributed by atoms with Crippen LogP contribution in [0.2, 0.25) is 5.02 Å². The lowest BCUT2D eigenvalue weighted by atomic mass is 10.2. The van der Waals surface area contributed by atoms with E-state index in [2.05, 4.69) is 20.5 Å². The molecule has 5 nitrogen and oxygen atoms in total. The molecule has 22 heavy (non-hydrogen) atoms. The van der Waals surface area contributed by atoms with Crippen LogP contribution in [0.1, 0.15) is 17.4 Å². The third kappa shape index (κ3) is 2.75. The van der Waals surface area contributed by atoms with Crippen molar-refractivity contribution < 1.29 is 4.79 Å². The lowest BCUT2D eigenvalue weighted by Crippen LogP contribution is -2.23. The molecule has 0 radical (unpaired) electrons. The van der Waals surface area contributed by atoms with Crippen LogP contribution >= 0.6 is 22.9 Å². The zero-order valence-corrected chi connectivity index (χ0v) is 13.3. The van der Waals surface area contributed by atoms with Crippen LogP contribution in [0.5, 0.6) is 0 Å². The summed E-state index contributed by atoms with van der Waals surface area (Å²) in [5, 5.41) is 10.7. The van der Waals surface area contributed by atoms with Crippen molar-refractivity contribution in [3.8, 4) is 21.1 Å². The SMILES string of the molecule is CCNC(=O)c1[nH]nc(-c2cnc(-c3ccccc3)s2)c1Cl. The second-order valence-electron chi connectivity index (χ2n) is 4.52. The highest BCUT2D eigenvalue weighted by atomic mass is 35.5. The van der Waals surface area contributed by atoms with Gasteiger partial charge in [-0.2, -0.15) is 5.10 Å². The van der Waals surface area contributed by atoms with E-state index in [1.165, 1.54) is 11.3 Å². The molecule has 1 amide bonds. The molecule has 112 valence electrons. The predicted molar refractivity (Wildman–Crippen MR) is 88.1 cm³/mol. The number of aromatic amines is 1. The molecular weight excluding hydrogens is 320 g/mol. The van der Waals surface area contributed by atoms with Crippen molar-refractivity contribution in [1.82, 2.24) is 20.5 Å². The first-order chi connectivity index (χ1) is 10.7. The number of H-pyrrole nitrogens is 1. The van der Waals surface area contributed by atoms with Crippen LogP contribution in [0.25, 0.3) is 21.1 Å². The minimum atomic E-state index is -0.265. The van der Waals surface area contributed by atoms with E-state index in [9.17, 15) is 4.79 Å². The van der Waals surface area contributed by atoms with Gasteiger partial charge in [-0.25, -0.2) is 4.98 Å². The standard InChI is InChI=1S/C15H13ClN4OS/c1-2-17-14(21)13-11(16)12(19-20-13)10-8-18-15(22-10)9-6-4-3-5-7-9/h3-8H,2H2,1H3,(H,17,21)(H,19,20). The van der Waals surface area contributed by atoms with Crippen molar-refractivity contribution in [3.05, 3.63) is 47.2 Å². The average Bonchev–Trinajstić information content (AvgIpc) is 3.15. The zero-order chi connectivity index (χ0) is 15.5. The summed E-state index contributed by atoms with van der Waals surface area (Å²) in [6.07, 6.45) is 1.72. The van der Waals surface area contributed by atoms with Crippen LogP contribution in [-0.4, -0.2) is 27.6 Å². The highest BCUT2D eigenvalue weighted by molar-refractivity contribution is 7.18. The summed E-state index contributed by atoms with van der Waals surface area (Å²) in [5.74, 6) is -0.265. The van der Waals surface area contributed by atoms with E-state index in [1.807, 2.05) is 37.3 Å². The molecule has 2 N–H and O–H groups in total. The molecule has 2 aromatic heterocycles. The fourth-order valence-corrected chi connectivity index (χ4v) is 3.23. The van der Waals surface area contributed by atoms with E-state index in [1.54, 1.807) is 6.20 Å². The monoisotopic (exact) mass is 332 g/mol. The largest absolute Gasteiger partial charge is 0.351 e. The van der Waals surface area contributed by atoms with Gasteiger partial charge in [0.1, 0.15) is 21.4 Å². The van der Waals surface area contributed by atoms with Gasteiger partial charge in [-0.15, -0.1) is 11.3 Å². The molecule has 0 atom stereocenters. The average molecular weight is 333 g/mol. The first kappa shape index (κ1) is 14.7. The molecule has 2 heterocycles. The summed E-state index contributed by atoms with van der Waals surface area (Å²) in [4.78, 5) is 17.1. The van der Waals surface area contributed by atoms with Gasteiger partial charge in [0.25, 0.3) is 5.91 Å². The number of hydrogen-bond acceptors (Lipinski definition) is 4. The highest BCUT2D eigenvalue weighted by Gasteiger charge is 2.20. The lowest BCUT2D eigenvalue weighted by Gasteiger charge is -1.98. The Kier molecular flexibility index (Phi) is 4.22. The number of benzene rings is 1. The Hall–Kier alpha value is -2.18. The van der Waals surface area contributed by atoms with Crippen LogP contribution in [-0.2, 0) is 0 Å². The van der Waals surface area contributed by atoms with Crippen LogP contribution < -0.4 is 5.32 Å². The molecule has 0 bridgehead atoms. The topological polar surface area (TPSA) is 70.7 Å². The fourth-order valence-electron chi connectivity index (χ4n) is 1.99. The Morgan fingerprint density at radius 1 is 1.36 bits per heavy atom. The molecule has 0 saturated heterocycles. The van der Waals surface area contributed by atoms with Gasteiger partial charge in [-0.05, 0) is 6.92 Å². The van der Waals surface area contributed by atoms with Crippen LogP contribution in [0, 0.1) is 0 Å². The predicted octanol–water partition coefficient (Wildman–Crippen LogP) is 3.60. The Labute approximate surface area is 136 Å². The number of aromatic nitrogens is 3. The van der Waals surface area contributed by atoms with Gasteiger partial charge in [-0.3, -0.25) is 9.89 Å². The van der Waals surface area contributed by atoms with Crippen molar-refractivity contribution in [2.75, 3.05) is 6.54 Å². The van der Waals surface area contributed by atoms with E-state index in [4.69, 9.17) is 11.6 Å². The zero-order valence-electron chi connectivity index (χ0n) is 11.8. The smallest absolute Gasteiger partial charge is 0.270 e. The maximum Gasteiger partial charge on any atom is 0.270 e. The minimum Gasteiger partial charge on any atom is -0.351 e. The van der Waals surface area contributed by atoms with E-state index in [0.29, 0.717) is 17.3 Å². The Bertz CT molecular complexity index is 797. The maximum atomic E-state index is 11.9. The molecule has 3 rings (SSSR count). The Morgan fingerprint density at radius 3 is 2.86 bits per heavy atom. The third-order valence-electron chi connectivity index (χ3n) is 3.03. The van der Waals surface area contributed by atoms with Crippen molar-refractivity contribution in [3.63, 3.8) is 0 Å². The van der Waals surface area contributed by atoms with Gasteiger partial charge >= 0.3 is 0 Å². The molecule has 0 fully saturated rings. The van der Waals surface area contributed by atoms with Gasteiger partial charge in [0.2, 0.25) is 0 Å². The molecule has 3 aromatic rings.